The summed E-state index contributed by atoms with van der Waals surface area (Å²) in [5.74, 6) is -0.913. The summed E-state index contributed by atoms with van der Waals surface area (Å²) in [4.78, 5) is 23.6. The zero-order valence-corrected chi connectivity index (χ0v) is 12.4. The molecule has 2 unspecified atom stereocenters. The fourth-order valence-electron chi connectivity index (χ4n) is 2.81. The van der Waals surface area contributed by atoms with E-state index in [0.717, 1.165) is 18.4 Å². The van der Waals surface area contributed by atoms with E-state index >= 15 is 0 Å². The summed E-state index contributed by atoms with van der Waals surface area (Å²) in [6, 6.07) is 4.94. The van der Waals surface area contributed by atoms with Gasteiger partial charge in [0.2, 0.25) is 0 Å². The normalized spacial score (nSPS) is 21.6. The number of aryl methyl sites for hydroxylation is 1. The number of carbonyl (C=O) groups excluding carboxylic acids is 1. The molecule has 114 valence electrons. The molecule has 2 N–H and O–H groups in total. The third-order valence-corrected chi connectivity index (χ3v) is 4.07. The summed E-state index contributed by atoms with van der Waals surface area (Å²) in [5, 5.41) is 12.1. The fraction of sp³-hybridized carbons (Fsp3) is 0.500. The topological polar surface area (TPSA) is 75.6 Å². The van der Waals surface area contributed by atoms with E-state index in [1.165, 1.54) is 0 Å². The maximum atomic E-state index is 12.3. The molecule has 1 aliphatic carbocycles. The van der Waals surface area contributed by atoms with Crippen molar-refractivity contribution in [3.8, 4) is 5.75 Å². The quantitative estimate of drug-likeness (QED) is 0.893. The lowest BCUT2D eigenvalue weighted by Gasteiger charge is -2.29. The molecular weight excluding hydrogens is 270 g/mol. The number of carbonyl (C=O) groups is 2. The molecule has 5 heteroatoms. The van der Waals surface area contributed by atoms with Gasteiger partial charge in [-0.1, -0.05) is 18.9 Å². The number of hydrogen-bond donors (Lipinski definition) is 2. The minimum absolute atomic E-state index is 0.244. The maximum Gasteiger partial charge on any atom is 0.308 e. The summed E-state index contributed by atoms with van der Waals surface area (Å²) < 4.78 is 5.21. The van der Waals surface area contributed by atoms with Crippen LogP contribution < -0.4 is 10.1 Å². The van der Waals surface area contributed by atoms with Crippen LogP contribution in [0.1, 0.15) is 41.6 Å². The van der Waals surface area contributed by atoms with Crippen molar-refractivity contribution in [1.29, 1.82) is 0 Å². The van der Waals surface area contributed by atoms with Gasteiger partial charge in [0.25, 0.3) is 5.91 Å². The Morgan fingerprint density at radius 3 is 2.67 bits per heavy atom. The molecule has 0 aliphatic heterocycles. The third kappa shape index (κ3) is 3.54. The van der Waals surface area contributed by atoms with Crippen molar-refractivity contribution in [3.63, 3.8) is 0 Å². The third-order valence-electron chi connectivity index (χ3n) is 4.07. The molecule has 0 radical (unpaired) electrons. The minimum atomic E-state index is -0.832. The lowest BCUT2D eigenvalue weighted by Crippen LogP contribution is -2.45. The number of amides is 1. The molecule has 0 heterocycles. The van der Waals surface area contributed by atoms with E-state index in [1.54, 1.807) is 19.2 Å². The second-order valence-electron chi connectivity index (χ2n) is 5.49. The van der Waals surface area contributed by atoms with Crippen molar-refractivity contribution in [3.05, 3.63) is 29.3 Å². The number of nitrogens with one attached hydrogen (secondary N) is 1. The number of methoxy groups -OCH3 is 1. The minimum Gasteiger partial charge on any atom is -0.496 e. The van der Waals surface area contributed by atoms with Crippen LogP contribution in [0.5, 0.6) is 5.75 Å². The highest BCUT2D eigenvalue weighted by Gasteiger charge is 2.32. The van der Waals surface area contributed by atoms with Crippen molar-refractivity contribution in [2.24, 2.45) is 5.92 Å². The Bertz CT molecular complexity index is 541. The van der Waals surface area contributed by atoms with E-state index in [1.807, 2.05) is 13.0 Å². The van der Waals surface area contributed by atoms with Crippen molar-refractivity contribution < 1.29 is 19.4 Å². The lowest BCUT2D eigenvalue weighted by atomic mass is 9.84. The van der Waals surface area contributed by atoms with Gasteiger partial charge in [0, 0.05) is 11.6 Å². The molecule has 21 heavy (non-hydrogen) atoms. The standard InChI is InChI=1S/C16H21NO4/c1-10-7-8-11(9-14(10)21-2)15(18)17-13-6-4-3-5-12(13)16(19)20/h7-9,12-13H,3-6H2,1-2H3,(H,17,18)(H,19,20). The molecule has 0 spiro atoms. The van der Waals surface area contributed by atoms with Crippen LogP contribution in [0.25, 0.3) is 0 Å². The molecule has 1 saturated carbocycles. The van der Waals surface area contributed by atoms with E-state index in [2.05, 4.69) is 5.32 Å². The highest BCUT2D eigenvalue weighted by Crippen LogP contribution is 2.25. The van der Waals surface area contributed by atoms with Crippen LogP contribution in [0, 0.1) is 12.8 Å². The molecule has 0 aromatic heterocycles. The van der Waals surface area contributed by atoms with E-state index < -0.39 is 11.9 Å². The number of hydrogen-bond acceptors (Lipinski definition) is 3. The Hall–Kier alpha value is -2.04. The molecule has 2 atom stereocenters. The average molecular weight is 291 g/mol. The summed E-state index contributed by atoms with van der Waals surface area (Å²) in [6.45, 7) is 1.90. The van der Waals surface area contributed by atoms with Crippen LogP contribution in [-0.4, -0.2) is 30.1 Å². The van der Waals surface area contributed by atoms with Crippen LogP contribution in [0.4, 0.5) is 0 Å². The Kier molecular flexibility index (Phi) is 4.83. The Morgan fingerprint density at radius 2 is 2.00 bits per heavy atom. The monoisotopic (exact) mass is 291 g/mol. The molecule has 1 aromatic carbocycles. The van der Waals surface area contributed by atoms with Crippen LogP contribution >= 0.6 is 0 Å². The second-order valence-corrected chi connectivity index (χ2v) is 5.49. The molecule has 1 aromatic rings. The summed E-state index contributed by atoms with van der Waals surface area (Å²) >= 11 is 0. The first kappa shape index (κ1) is 15.4. The largest absolute Gasteiger partial charge is 0.496 e. The number of benzene rings is 1. The molecule has 1 fully saturated rings. The molecule has 0 saturated heterocycles. The zero-order chi connectivity index (χ0) is 15.4. The molecule has 1 aliphatic rings. The number of carboxylic acids is 1. The number of ether oxygens (including phenoxy) is 1. The number of carboxylic acid groups (broad SMARTS) is 1. The predicted octanol–water partition coefficient (Wildman–Crippen LogP) is 2.38. The van der Waals surface area contributed by atoms with Crippen LogP contribution in [-0.2, 0) is 4.79 Å². The highest BCUT2D eigenvalue weighted by atomic mass is 16.5. The van der Waals surface area contributed by atoms with Crippen molar-refractivity contribution in [2.45, 2.75) is 38.6 Å². The maximum absolute atomic E-state index is 12.3. The van der Waals surface area contributed by atoms with Crippen LogP contribution in [0.3, 0.4) is 0 Å². The van der Waals surface area contributed by atoms with Crippen LogP contribution in [0.2, 0.25) is 0 Å². The smallest absolute Gasteiger partial charge is 0.308 e. The predicted molar refractivity (Wildman–Crippen MR) is 78.6 cm³/mol. The van der Waals surface area contributed by atoms with E-state index in [-0.39, 0.29) is 11.9 Å². The van der Waals surface area contributed by atoms with Gasteiger partial charge < -0.3 is 15.2 Å². The van der Waals surface area contributed by atoms with E-state index in [0.29, 0.717) is 24.2 Å². The second kappa shape index (κ2) is 6.61. The van der Waals surface area contributed by atoms with Crippen molar-refractivity contribution >= 4 is 11.9 Å². The van der Waals surface area contributed by atoms with Gasteiger partial charge in [0.05, 0.1) is 13.0 Å². The van der Waals surface area contributed by atoms with Crippen LogP contribution in [0.15, 0.2) is 18.2 Å². The van der Waals surface area contributed by atoms with E-state index in [4.69, 9.17) is 4.74 Å². The number of rotatable bonds is 4. The number of aliphatic carboxylic acids is 1. The first-order valence-electron chi connectivity index (χ1n) is 7.21. The van der Waals surface area contributed by atoms with Gasteiger partial charge >= 0.3 is 5.97 Å². The zero-order valence-electron chi connectivity index (χ0n) is 12.4. The lowest BCUT2D eigenvalue weighted by molar-refractivity contribution is -0.143. The Labute approximate surface area is 124 Å². The van der Waals surface area contributed by atoms with Crippen molar-refractivity contribution in [1.82, 2.24) is 5.32 Å². The highest BCUT2D eigenvalue weighted by molar-refractivity contribution is 5.95. The van der Waals surface area contributed by atoms with Gasteiger partial charge in [-0.05, 0) is 37.5 Å². The molecule has 2 rings (SSSR count). The first-order chi connectivity index (χ1) is 10.0. The summed E-state index contributed by atoms with van der Waals surface area (Å²) in [6.07, 6.45) is 3.19. The van der Waals surface area contributed by atoms with Gasteiger partial charge in [-0.15, -0.1) is 0 Å². The van der Waals surface area contributed by atoms with Crippen molar-refractivity contribution in [2.75, 3.05) is 7.11 Å². The van der Waals surface area contributed by atoms with E-state index in [9.17, 15) is 14.7 Å². The van der Waals surface area contributed by atoms with Gasteiger partial charge in [0.15, 0.2) is 0 Å². The SMILES string of the molecule is COc1cc(C(=O)NC2CCCCC2C(=O)O)ccc1C. The molecule has 1 amide bonds. The summed E-state index contributed by atoms with van der Waals surface area (Å²) in [5.41, 5.74) is 1.45. The first-order valence-corrected chi connectivity index (χ1v) is 7.21. The summed E-state index contributed by atoms with van der Waals surface area (Å²) in [7, 11) is 1.56. The van der Waals surface area contributed by atoms with Gasteiger partial charge in [0.1, 0.15) is 5.75 Å². The molecule has 0 bridgehead atoms. The Morgan fingerprint density at radius 1 is 1.29 bits per heavy atom. The average Bonchev–Trinajstić information content (AvgIpc) is 2.48. The fourth-order valence-corrected chi connectivity index (χ4v) is 2.81. The van der Waals surface area contributed by atoms with Gasteiger partial charge in [-0.25, -0.2) is 0 Å². The van der Waals surface area contributed by atoms with Gasteiger partial charge in [-0.3, -0.25) is 9.59 Å². The molecular formula is C16H21NO4. The van der Waals surface area contributed by atoms with Gasteiger partial charge in [-0.2, -0.15) is 0 Å². The molecule has 5 nitrogen and oxygen atoms in total. The Balaban J connectivity index is 2.11.